The van der Waals surface area contributed by atoms with Gasteiger partial charge in [-0.3, -0.25) is 13.9 Å². The van der Waals surface area contributed by atoms with Crippen molar-refractivity contribution < 1.29 is 22.7 Å². The van der Waals surface area contributed by atoms with Crippen molar-refractivity contribution >= 4 is 43.5 Å². The Labute approximate surface area is 274 Å². The molecule has 0 radical (unpaired) electrons. The molecule has 0 unspecified atom stereocenters. The second-order valence-electron chi connectivity index (χ2n) is 11.0. The van der Waals surface area contributed by atoms with Gasteiger partial charge >= 0.3 is 0 Å². The minimum Gasteiger partial charge on any atom is -0.497 e. The second-order valence-corrected chi connectivity index (χ2v) is 13.8. The van der Waals surface area contributed by atoms with Crippen molar-refractivity contribution in [3.05, 3.63) is 124 Å². The third-order valence-corrected chi connectivity index (χ3v) is 9.53. The first-order valence-electron chi connectivity index (χ1n) is 14.6. The van der Waals surface area contributed by atoms with Gasteiger partial charge in [0.15, 0.2) is 0 Å². The van der Waals surface area contributed by atoms with E-state index in [-0.39, 0.29) is 29.8 Å². The zero-order valence-electron chi connectivity index (χ0n) is 25.8. The van der Waals surface area contributed by atoms with Crippen LogP contribution in [0.25, 0.3) is 0 Å². The number of aryl methyl sites for hydroxylation is 1. The Hall–Kier alpha value is -4.15. The van der Waals surface area contributed by atoms with Crippen molar-refractivity contribution in [1.29, 1.82) is 0 Å². The van der Waals surface area contributed by atoms with E-state index in [0.717, 1.165) is 25.5 Å². The van der Waals surface area contributed by atoms with Crippen LogP contribution in [0.1, 0.15) is 30.5 Å². The number of nitrogens with one attached hydrogen (secondary N) is 1. The number of carbonyl (C=O) groups is 2. The summed E-state index contributed by atoms with van der Waals surface area (Å²) in [6.07, 6.45) is 0.247. The zero-order valence-corrected chi connectivity index (χ0v) is 28.2. The number of amides is 2. The van der Waals surface area contributed by atoms with Crippen LogP contribution in [0.5, 0.6) is 5.75 Å². The quantitative estimate of drug-likeness (QED) is 0.182. The zero-order chi connectivity index (χ0) is 32.6. The van der Waals surface area contributed by atoms with Gasteiger partial charge in [-0.15, -0.1) is 0 Å². The van der Waals surface area contributed by atoms with E-state index in [0.29, 0.717) is 11.4 Å². The second kappa shape index (κ2) is 15.2. The maximum Gasteiger partial charge on any atom is 0.264 e. The molecular weight excluding hydrogens is 654 g/mol. The molecule has 0 heterocycles. The van der Waals surface area contributed by atoms with Crippen LogP contribution >= 0.6 is 15.9 Å². The molecule has 4 aromatic rings. The molecule has 1 N–H and O–H groups in total. The Morgan fingerprint density at radius 1 is 0.844 bits per heavy atom. The number of hydrogen-bond donors (Lipinski definition) is 1. The van der Waals surface area contributed by atoms with Crippen LogP contribution < -0.4 is 14.4 Å². The maximum absolute atomic E-state index is 14.5. The number of ether oxygens (including phenoxy) is 1. The average molecular weight is 693 g/mol. The molecule has 0 aromatic heterocycles. The van der Waals surface area contributed by atoms with Crippen LogP contribution in [0.4, 0.5) is 5.69 Å². The van der Waals surface area contributed by atoms with E-state index < -0.39 is 28.5 Å². The minimum absolute atomic E-state index is 0.00882. The van der Waals surface area contributed by atoms with Crippen molar-refractivity contribution in [2.75, 3.05) is 18.0 Å². The smallest absolute Gasteiger partial charge is 0.264 e. The summed E-state index contributed by atoms with van der Waals surface area (Å²) in [7, 11) is -2.70. The molecule has 0 fully saturated rings. The Balaban J connectivity index is 1.79. The lowest BCUT2D eigenvalue weighted by molar-refractivity contribution is -0.140. The third-order valence-electron chi connectivity index (χ3n) is 7.22. The molecule has 4 aromatic carbocycles. The van der Waals surface area contributed by atoms with Crippen LogP contribution in [-0.2, 0) is 32.6 Å². The Morgan fingerprint density at radius 3 is 2.04 bits per heavy atom. The molecule has 45 heavy (non-hydrogen) atoms. The lowest BCUT2D eigenvalue weighted by atomic mass is 10.0. The molecule has 1 atom stereocenters. The molecule has 4 rings (SSSR count). The molecule has 0 aliphatic heterocycles. The Bertz CT molecular complexity index is 1680. The number of nitrogens with zero attached hydrogens (tertiary/aromatic N) is 2. The van der Waals surface area contributed by atoms with Crippen LogP contribution in [-0.4, -0.2) is 50.9 Å². The molecule has 10 heteroatoms. The van der Waals surface area contributed by atoms with Crippen LogP contribution in [0.15, 0.2) is 112 Å². The molecule has 0 bridgehead atoms. The standard InChI is InChI=1S/C35H38BrN3O5S/c1-25(2)37-35(41)33(22-27-8-6-5-7-9-27)38(23-28-12-14-29(36)15-13-28)34(40)24-39(30-16-10-26(3)11-17-30)45(42,43)32-20-18-31(44-4)19-21-32/h5-21,25,33H,22-24H2,1-4H3,(H,37,41)/t33-/m0/s1. The van der Waals surface area contributed by atoms with Gasteiger partial charge in [-0.25, -0.2) is 8.42 Å². The summed E-state index contributed by atoms with van der Waals surface area (Å²) in [5, 5.41) is 2.97. The highest BCUT2D eigenvalue weighted by molar-refractivity contribution is 9.10. The number of anilines is 1. The summed E-state index contributed by atoms with van der Waals surface area (Å²) in [6.45, 7) is 5.20. The summed E-state index contributed by atoms with van der Waals surface area (Å²) >= 11 is 3.45. The molecule has 0 saturated heterocycles. The number of hydrogen-bond acceptors (Lipinski definition) is 5. The highest BCUT2D eigenvalue weighted by Gasteiger charge is 2.34. The van der Waals surface area contributed by atoms with Gasteiger partial charge in [-0.05, 0) is 80.4 Å². The number of halogens is 1. The highest BCUT2D eigenvalue weighted by Crippen LogP contribution is 2.27. The SMILES string of the molecule is COc1ccc(S(=O)(=O)N(CC(=O)N(Cc2ccc(Br)cc2)[C@@H](Cc2ccccc2)C(=O)NC(C)C)c2ccc(C)cc2)cc1. The molecule has 2 amide bonds. The Kier molecular flexibility index (Phi) is 11.4. The van der Waals surface area contributed by atoms with Crippen LogP contribution in [0, 0.1) is 6.92 Å². The molecule has 0 aliphatic rings. The van der Waals surface area contributed by atoms with Gasteiger partial charge in [0.25, 0.3) is 10.0 Å². The normalized spacial score (nSPS) is 12.0. The van der Waals surface area contributed by atoms with E-state index in [9.17, 15) is 18.0 Å². The first kappa shape index (κ1) is 33.7. The van der Waals surface area contributed by atoms with E-state index in [4.69, 9.17) is 4.74 Å². The van der Waals surface area contributed by atoms with Gasteiger partial charge in [0.05, 0.1) is 17.7 Å². The summed E-state index contributed by atoms with van der Waals surface area (Å²) in [5.41, 5.74) is 2.94. The fraction of sp³-hybridized carbons (Fsp3) is 0.257. The van der Waals surface area contributed by atoms with E-state index in [1.54, 1.807) is 36.4 Å². The summed E-state index contributed by atoms with van der Waals surface area (Å²) in [4.78, 5) is 29.7. The lowest BCUT2D eigenvalue weighted by Gasteiger charge is -2.34. The molecular formula is C35H38BrN3O5S. The number of rotatable bonds is 13. The topological polar surface area (TPSA) is 96.0 Å². The van der Waals surface area contributed by atoms with Crippen molar-refractivity contribution in [3.8, 4) is 5.75 Å². The van der Waals surface area contributed by atoms with E-state index in [2.05, 4.69) is 21.2 Å². The summed E-state index contributed by atoms with van der Waals surface area (Å²) in [6, 6.07) is 28.8. The first-order chi connectivity index (χ1) is 21.5. The van der Waals surface area contributed by atoms with Crippen molar-refractivity contribution in [2.24, 2.45) is 0 Å². The predicted octanol–water partition coefficient (Wildman–Crippen LogP) is 6.13. The molecule has 236 valence electrons. The minimum atomic E-state index is -4.20. The summed E-state index contributed by atoms with van der Waals surface area (Å²) < 4.78 is 35.5. The van der Waals surface area contributed by atoms with Crippen molar-refractivity contribution in [1.82, 2.24) is 10.2 Å². The van der Waals surface area contributed by atoms with Crippen molar-refractivity contribution in [2.45, 2.75) is 50.7 Å². The molecule has 0 aliphatic carbocycles. The molecule has 0 saturated carbocycles. The average Bonchev–Trinajstić information content (AvgIpc) is 3.03. The Morgan fingerprint density at radius 2 is 1.47 bits per heavy atom. The lowest BCUT2D eigenvalue weighted by Crippen LogP contribution is -2.54. The van der Waals surface area contributed by atoms with Crippen LogP contribution in [0.3, 0.4) is 0 Å². The fourth-order valence-electron chi connectivity index (χ4n) is 4.84. The first-order valence-corrected chi connectivity index (χ1v) is 16.8. The fourth-order valence-corrected chi connectivity index (χ4v) is 6.51. The number of carbonyl (C=O) groups excluding carboxylic acids is 2. The van der Waals surface area contributed by atoms with Gasteiger partial charge in [0, 0.05) is 23.5 Å². The third kappa shape index (κ3) is 8.95. The number of methoxy groups -OCH3 is 1. The van der Waals surface area contributed by atoms with Gasteiger partial charge in [-0.2, -0.15) is 0 Å². The van der Waals surface area contributed by atoms with Gasteiger partial charge in [0.1, 0.15) is 18.3 Å². The highest BCUT2D eigenvalue weighted by atomic mass is 79.9. The number of sulfonamides is 1. The van der Waals surface area contributed by atoms with E-state index in [1.807, 2.05) is 75.4 Å². The summed E-state index contributed by atoms with van der Waals surface area (Å²) in [5.74, 6) is -0.331. The number of benzene rings is 4. The largest absolute Gasteiger partial charge is 0.497 e. The van der Waals surface area contributed by atoms with E-state index in [1.165, 1.54) is 24.1 Å². The van der Waals surface area contributed by atoms with Crippen molar-refractivity contribution in [3.63, 3.8) is 0 Å². The molecule has 0 spiro atoms. The van der Waals surface area contributed by atoms with Gasteiger partial charge in [-0.1, -0.05) is 76.1 Å². The van der Waals surface area contributed by atoms with E-state index >= 15 is 0 Å². The maximum atomic E-state index is 14.5. The predicted molar refractivity (Wildman–Crippen MR) is 181 cm³/mol. The van der Waals surface area contributed by atoms with Gasteiger partial charge in [0.2, 0.25) is 11.8 Å². The van der Waals surface area contributed by atoms with Gasteiger partial charge < -0.3 is 15.0 Å². The monoisotopic (exact) mass is 691 g/mol. The van der Waals surface area contributed by atoms with Crippen LogP contribution in [0.2, 0.25) is 0 Å². The molecule has 8 nitrogen and oxygen atoms in total.